The highest BCUT2D eigenvalue weighted by Crippen LogP contribution is 2.35. The van der Waals surface area contributed by atoms with Crippen LogP contribution in [-0.2, 0) is 111 Å². The van der Waals surface area contributed by atoms with E-state index in [9.17, 15) is 52.7 Å². The van der Waals surface area contributed by atoms with Crippen LogP contribution in [0.4, 0.5) is 0 Å². The van der Waals surface area contributed by atoms with Gasteiger partial charge in [0.15, 0.2) is 72.2 Å². The number of esters is 11. The van der Waals surface area contributed by atoms with Gasteiger partial charge in [-0.2, -0.15) is 0 Å². The summed E-state index contributed by atoms with van der Waals surface area (Å²) in [6.07, 6.45) is -14.8. The van der Waals surface area contributed by atoms with Crippen LogP contribution in [0.15, 0.2) is 42.5 Å². The van der Waals surface area contributed by atoms with E-state index in [0.717, 1.165) is 75.3 Å². The van der Waals surface area contributed by atoms with E-state index in [1.807, 2.05) is 0 Å². The van der Waals surface area contributed by atoms with Crippen LogP contribution >= 0.6 is 0 Å². The van der Waals surface area contributed by atoms with Gasteiger partial charge in [0.25, 0.3) is 0 Å². The second-order valence-corrected chi connectivity index (χ2v) is 16.3. The molecule has 0 amide bonds. The first-order valence-corrected chi connectivity index (χ1v) is 22.7. The van der Waals surface area contributed by atoms with E-state index in [1.54, 1.807) is 0 Å². The van der Waals surface area contributed by atoms with E-state index in [4.69, 9.17) is 71.1 Å². The fourth-order valence-corrected chi connectivity index (χ4v) is 7.36. The lowest BCUT2D eigenvalue weighted by Gasteiger charge is -2.46. The summed E-state index contributed by atoms with van der Waals surface area (Å²) in [7, 11) is 0. The van der Waals surface area contributed by atoms with Gasteiger partial charge in [0.05, 0.1) is 13.2 Å². The van der Waals surface area contributed by atoms with Gasteiger partial charge in [-0.1, -0.05) is 12.1 Å². The molecule has 0 aromatic heterocycles. The summed E-state index contributed by atoms with van der Waals surface area (Å²) in [6, 6.07) is 8.25. The first kappa shape index (κ1) is 59.8. The fourth-order valence-electron chi connectivity index (χ4n) is 7.36. The quantitative estimate of drug-likeness (QED) is 0.0749. The van der Waals surface area contributed by atoms with Crippen LogP contribution in [0.5, 0.6) is 23.0 Å². The molecule has 0 spiro atoms. The summed E-state index contributed by atoms with van der Waals surface area (Å²) >= 11 is 0. The zero-order chi connectivity index (χ0) is 55.7. The van der Waals surface area contributed by atoms with E-state index in [1.165, 1.54) is 42.5 Å². The minimum atomic E-state index is -1.81. The summed E-state index contributed by atoms with van der Waals surface area (Å²) in [4.78, 5) is 136. The van der Waals surface area contributed by atoms with Crippen molar-refractivity contribution in [2.24, 2.45) is 0 Å². The van der Waals surface area contributed by atoms with Crippen molar-refractivity contribution in [3.8, 4) is 23.0 Å². The largest absolute Gasteiger partial charge is 0.463 e. The molecule has 0 aliphatic carbocycles. The van der Waals surface area contributed by atoms with Crippen LogP contribution in [0.2, 0.25) is 0 Å². The Morgan fingerprint density at radius 3 is 1.32 bits per heavy atom. The summed E-state index contributed by atoms with van der Waals surface area (Å²) < 4.78 is 84.1. The van der Waals surface area contributed by atoms with Crippen molar-refractivity contribution >= 4 is 71.7 Å². The molecule has 10 unspecified atom stereocenters. The molecule has 408 valence electrons. The zero-order valence-electron chi connectivity index (χ0n) is 42.3. The van der Waals surface area contributed by atoms with Crippen LogP contribution < -0.4 is 18.9 Å². The van der Waals surface area contributed by atoms with E-state index < -0.39 is 140 Å². The van der Waals surface area contributed by atoms with Gasteiger partial charge >= 0.3 is 65.7 Å². The summed E-state index contributed by atoms with van der Waals surface area (Å²) in [6.45, 7) is 8.93. The highest BCUT2D eigenvalue weighted by atomic mass is 16.8. The van der Waals surface area contributed by atoms with Gasteiger partial charge in [-0.15, -0.1) is 0 Å². The van der Waals surface area contributed by atoms with Crippen molar-refractivity contribution in [2.45, 2.75) is 137 Å². The number of benzene rings is 2. The molecule has 0 radical (unpaired) electrons. The Kier molecular flexibility index (Phi) is 22.3. The second kappa shape index (κ2) is 28.0. The molecular formula is C49H56O26. The summed E-state index contributed by atoms with van der Waals surface area (Å²) in [5, 5.41) is 0. The molecule has 0 bridgehead atoms. The van der Waals surface area contributed by atoms with E-state index in [0.29, 0.717) is 5.56 Å². The van der Waals surface area contributed by atoms with Crippen molar-refractivity contribution in [3.05, 3.63) is 53.6 Å². The molecule has 4 rings (SSSR count). The SMILES string of the molecule is CC(=O)OCC1OC(OCC2OC(OCCc3ccc(OC(C)=O)c(OC(C)=O)c3)C(OC(C)=O)C(OC(C)=O)C2OC(=O)C=Cc2ccc(OC(C)=O)c(OC(C)=O)c2)C(OC(C)=O)C(OC(C)=O)C1OC(C)=O. The van der Waals surface area contributed by atoms with Crippen molar-refractivity contribution in [1.29, 1.82) is 0 Å². The molecule has 2 aromatic rings. The van der Waals surface area contributed by atoms with Crippen molar-refractivity contribution in [2.75, 3.05) is 19.8 Å². The van der Waals surface area contributed by atoms with E-state index in [2.05, 4.69) is 0 Å². The molecule has 2 aliphatic rings. The molecule has 2 fully saturated rings. The molecule has 2 heterocycles. The average Bonchev–Trinajstić information content (AvgIpc) is 3.28. The molecule has 26 nitrogen and oxygen atoms in total. The van der Waals surface area contributed by atoms with Crippen LogP contribution in [0.3, 0.4) is 0 Å². The Hall–Kier alpha value is -7.81. The Labute approximate surface area is 428 Å². The first-order chi connectivity index (χ1) is 35.3. The number of carbonyl (C=O) groups excluding carboxylic acids is 11. The van der Waals surface area contributed by atoms with Gasteiger partial charge in [-0.3, -0.25) is 47.9 Å². The lowest BCUT2D eigenvalue weighted by Crippen LogP contribution is -2.65. The lowest BCUT2D eigenvalue weighted by atomic mass is 9.97. The number of carbonyl (C=O) groups is 11. The lowest BCUT2D eigenvalue weighted by molar-refractivity contribution is -0.334. The van der Waals surface area contributed by atoms with Crippen LogP contribution in [0.1, 0.15) is 80.4 Å². The Balaban J connectivity index is 1.80. The van der Waals surface area contributed by atoms with Gasteiger partial charge in [0.2, 0.25) is 0 Å². The number of hydrogen-bond donors (Lipinski definition) is 0. The average molecular weight is 1060 g/mol. The van der Waals surface area contributed by atoms with Crippen LogP contribution in [-0.4, -0.2) is 147 Å². The minimum absolute atomic E-state index is 0.00957. The Bertz CT molecular complexity index is 2500. The third-order valence-corrected chi connectivity index (χ3v) is 9.90. The van der Waals surface area contributed by atoms with Crippen molar-refractivity contribution < 1.29 is 124 Å². The standard InChI is InChI=1S/C49H56O26/c1-23(50)62-21-39-42(68-28(6)55)44(69-29(7)56)47(72-32(10)59)49(74-39)63-22-40-43(75-41(60)16-13-33-11-14-35(64-24(2)51)37(19-33)66-26(4)53)45(70-30(8)57)46(71-31(9)58)48(73-40)61-18-17-34-12-15-36(65-25(3)52)38(20-34)67-27(5)54/h11-16,19-20,39-40,42-49H,17-18,21-22H2,1-10H3. The summed E-state index contributed by atoms with van der Waals surface area (Å²) in [5.74, 6) is -10.0. The van der Waals surface area contributed by atoms with Gasteiger partial charge in [0, 0.05) is 75.3 Å². The fraction of sp³-hybridized carbons (Fsp3) is 0.490. The molecule has 10 atom stereocenters. The second-order valence-electron chi connectivity index (χ2n) is 16.3. The number of ether oxygens (including phenoxy) is 15. The number of hydrogen-bond acceptors (Lipinski definition) is 26. The van der Waals surface area contributed by atoms with Crippen LogP contribution in [0.25, 0.3) is 6.08 Å². The Morgan fingerprint density at radius 1 is 0.427 bits per heavy atom. The van der Waals surface area contributed by atoms with E-state index >= 15 is 0 Å². The molecular weight excluding hydrogens is 1000 g/mol. The van der Waals surface area contributed by atoms with Gasteiger partial charge in [-0.25, -0.2) is 4.79 Å². The third-order valence-electron chi connectivity index (χ3n) is 9.90. The van der Waals surface area contributed by atoms with Crippen molar-refractivity contribution in [3.63, 3.8) is 0 Å². The van der Waals surface area contributed by atoms with Gasteiger partial charge in [-0.05, 0) is 47.9 Å². The van der Waals surface area contributed by atoms with Crippen molar-refractivity contribution in [1.82, 2.24) is 0 Å². The number of rotatable bonds is 21. The third kappa shape index (κ3) is 19.2. The maximum atomic E-state index is 13.9. The van der Waals surface area contributed by atoms with Crippen LogP contribution in [0, 0.1) is 0 Å². The molecule has 0 saturated carbocycles. The van der Waals surface area contributed by atoms with E-state index in [-0.39, 0.29) is 41.6 Å². The minimum Gasteiger partial charge on any atom is -0.463 e. The normalized spacial score (nSPS) is 23.0. The molecule has 0 N–H and O–H groups in total. The van der Waals surface area contributed by atoms with Gasteiger partial charge < -0.3 is 71.1 Å². The maximum absolute atomic E-state index is 13.9. The maximum Gasteiger partial charge on any atom is 0.331 e. The summed E-state index contributed by atoms with van der Waals surface area (Å²) in [5.41, 5.74) is 0.674. The smallest absolute Gasteiger partial charge is 0.331 e. The predicted octanol–water partition coefficient (Wildman–Crippen LogP) is 2.26. The highest BCUT2D eigenvalue weighted by Gasteiger charge is 2.56. The topological polar surface area (TPSA) is 326 Å². The Morgan fingerprint density at radius 2 is 0.840 bits per heavy atom. The molecule has 26 heteroatoms. The monoisotopic (exact) mass is 1060 g/mol. The van der Waals surface area contributed by atoms with Gasteiger partial charge in [0.1, 0.15) is 18.8 Å². The zero-order valence-corrected chi connectivity index (χ0v) is 42.3. The predicted molar refractivity (Wildman–Crippen MR) is 244 cm³/mol. The highest BCUT2D eigenvalue weighted by molar-refractivity contribution is 5.87. The molecule has 75 heavy (non-hydrogen) atoms. The first-order valence-electron chi connectivity index (χ1n) is 22.7. The molecule has 2 saturated heterocycles. The molecule has 2 aromatic carbocycles. The molecule has 2 aliphatic heterocycles.